The molecule has 1 N–H and O–H groups in total. The van der Waals surface area contributed by atoms with Crippen LogP contribution in [0.15, 0.2) is 34.0 Å². The van der Waals surface area contributed by atoms with E-state index in [2.05, 4.69) is 15.0 Å². The number of nitrogens with zero attached hydrogens (tertiary/aromatic N) is 3. The second kappa shape index (κ2) is 7.09. The summed E-state index contributed by atoms with van der Waals surface area (Å²) >= 11 is 0. The largest absolute Gasteiger partial charge is 0.573 e. The molecule has 8 nitrogen and oxygen atoms in total. The van der Waals surface area contributed by atoms with Crippen molar-refractivity contribution in [1.82, 2.24) is 13.9 Å². The van der Waals surface area contributed by atoms with E-state index in [4.69, 9.17) is 0 Å². The number of nitrogens with one attached hydrogen (secondary N) is 1. The maximum absolute atomic E-state index is 12.8. The molecule has 152 valence electrons. The van der Waals surface area contributed by atoms with Gasteiger partial charge in [-0.1, -0.05) is 0 Å². The van der Waals surface area contributed by atoms with E-state index in [1.54, 1.807) is 7.05 Å². The predicted molar refractivity (Wildman–Crippen MR) is 93.4 cm³/mol. The molecule has 3 rings (SSSR count). The van der Waals surface area contributed by atoms with E-state index in [-0.39, 0.29) is 35.5 Å². The third kappa shape index (κ3) is 3.83. The van der Waals surface area contributed by atoms with Crippen LogP contribution in [-0.4, -0.2) is 42.2 Å². The molecule has 0 amide bonds. The molecule has 0 fully saturated rings. The lowest BCUT2D eigenvalue weighted by Crippen LogP contribution is -2.41. The molecule has 0 aliphatic carbocycles. The minimum Gasteiger partial charge on any atom is -0.406 e. The van der Waals surface area contributed by atoms with Crippen molar-refractivity contribution in [1.29, 1.82) is 0 Å². The molecule has 0 saturated heterocycles. The average molecular weight is 418 g/mol. The van der Waals surface area contributed by atoms with Crippen molar-refractivity contribution in [2.75, 3.05) is 18.9 Å². The molecule has 0 bridgehead atoms. The number of halogens is 3. The summed E-state index contributed by atoms with van der Waals surface area (Å²) < 4.78 is 68.5. The molecule has 1 aromatic carbocycles. The van der Waals surface area contributed by atoms with Crippen molar-refractivity contribution >= 4 is 16.0 Å². The Balaban J connectivity index is 1.88. The highest BCUT2D eigenvalue weighted by Gasteiger charge is 2.33. The Kier molecular flexibility index (Phi) is 5.10. The summed E-state index contributed by atoms with van der Waals surface area (Å²) in [6.45, 7) is -0.0679. The number of anilines is 1. The molecule has 0 spiro atoms. The standard InChI is InChI=1S/C16H17F3N4O4S/c1-20-15-21-13-7-8-23(9-12(13)14(24)22(15)2)28(25,26)11-5-3-10(4-6-11)27-16(17,18)19/h3-6H,7-9H2,1-2H3,(H,20,21). The van der Waals surface area contributed by atoms with Gasteiger partial charge in [0.05, 0.1) is 16.2 Å². The van der Waals surface area contributed by atoms with Crippen molar-refractivity contribution in [2.45, 2.75) is 24.2 Å². The van der Waals surface area contributed by atoms with Gasteiger partial charge in [0.2, 0.25) is 16.0 Å². The van der Waals surface area contributed by atoms with Gasteiger partial charge < -0.3 is 10.1 Å². The van der Waals surface area contributed by atoms with E-state index >= 15 is 0 Å². The molecular formula is C16H17F3N4O4S. The monoisotopic (exact) mass is 418 g/mol. The molecule has 2 aromatic rings. The smallest absolute Gasteiger partial charge is 0.406 e. The molecule has 0 unspecified atom stereocenters. The maximum Gasteiger partial charge on any atom is 0.573 e. The summed E-state index contributed by atoms with van der Waals surface area (Å²) in [5.74, 6) is -0.145. The first-order chi connectivity index (χ1) is 13.0. The van der Waals surface area contributed by atoms with Gasteiger partial charge in [0.25, 0.3) is 5.56 Å². The van der Waals surface area contributed by atoms with Gasteiger partial charge in [-0.25, -0.2) is 13.4 Å². The summed E-state index contributed by atoms with van der Waals surface area (Å²) in [4.78, 5) is 16.7. The lowest BCUT2D eigenvalue weighted by Gasteiger charge is -2.27. The minimum absolute atomic E-state index is 0.0967. The van der Waals surface area contributed by atoms with Crippen molar-refractivity contribution in [3.05, 3.63) is 45.9 Å². The van der Waals surface area contributed by atoms with E-state index in [1.807, 2.05) is 0 Å². The van der Waals surface area contributed by atoms with E-state index < -0.39 is 22.1 Å². The Morgan fingerprint density at radius 1 is 1.21 bits per heavy atom. The fourth-order valence-corrected chi connectivity index (χ4v) is 4.34. The lowest BCUT2D eigenvalue weighted by atomic mass is 10.1. The van der Waals surface area contributed by atoms with Crippen molar-refractivity contribution < 1.29 is 26.3 Å². The van der Waals surface area contributed by atoms with Crippen LogP contribution in [0, 0.1) is 0 Å². The number of sulfonamides is 1. The molecule has 0 saturated carbocycles. The number of hydrogen-bond donors (Lipinski definition) is 1. The average Bonchev–Trinajstić information content (AvgIpc) is 2.63. The van der Waals surface area contributed by atoms with Crippen LogP contribution in [0.5, 0.6) is 5.75 Å². The molecule has 1 aliphatic heterocycles. The molecule has 12 heteroatoms. The Morgan fingerprint density at radius 2 is 1.86 bits per heavy atom. The van der Waals surface area contributed by atoms with Crippen LogP contribution in [0.25, 0.3) is 0 Å². The quantitative estimate of drug-likeness (QED) is 0.808. The van der Waals surface area contributed by atoms with Gasteiger partial charge in [0.15, 0.2) is 0 Å². The highest BCUT2D eigenvalue weighted by molar-refractivity contribution is 7.89. The highest BCUT2D eigenvalue weighted by atomic mass is 32.2. The normalized spacial score (nSPS) is 15.2. The number of aromatic nitrogens is 2. The van der Waals surface area contributed by atoms with Gasteiger partial charge in [0.1, 0.15) is 5.75 Å². The summed E-state index contributed by atoms with van der Waals surface area (Å²) in [6.07, 6.45) is -4.62. The van der Waals surface area contributed by atoms with E-state index in [0.29, 0.717) is 11.6 Å². The number of rotatable bonds is 4. The molecule has 0 atom stereocenters. The van der Waals surface area contributed by atoms with Crippen LogP contribution in [0.4, 0.5) is 19.1 Å². The van der Waals surface area contributed by atoms with Crippen LogP contribution in [0.3, 0.4) is 0 Å². The van der Waals surface area contributed by atoms with E-state index in [1.165, 1.54) is 11.6 Å². The topological polar surface area (TPSA) is 93.5 Å². The number of alkyl halides is 3. The van der Waals surface area contributed by atoms with Gasteiger partial charge in [-0.15, -0.1) is 13.2 Å². The van der Waals surface area contributed by atoms with Crippen LogP contribution >= 0.6 is 0 Å². The summed E-state index contributed by atoms with van der Waals surface area (Å²) in [7, 11) is -0.859. The highest BCUT2D eigenvalue weighted by Crippen LogP contribution is 2.27. The Morgan fingerprint density at radius 3 is 2.43 bits per heavy atom. The molecule has 0 radical (unpaired) electrons. The lowest BCUT2D eigenvalue weighted by molar-refractivity contribution is -0.274. The molecular weight excluding hydrogens is 401 g/mol. The van der Waals surface area contributed by atoms with Gasteiger partial charge >= 0.3 is 6.36 Å². The summed E-state index contributed by atoms with van der Waals surface area (Å²) in [6, 6.07) is 3.93. The Labute approximate surface area is 158 Å². The Hall–Kier alpha value is -2.60. The van der Waals surface area contributed by atoms with Crippen molar-refractivity contribution in [2.24, 2.45) is 7.05 Å². The van der Waals surface area contributed by atoms with E-state index in [9.17, 15) is 26.4 Å². The van der Waals surface area contributed by atoms with Crippen LogP contribution in [-0.2, 0) is 30.0 Å². The second-order valence-corrected chi connectivity index (χ2v) is 8.02. The second-order valence-electron chi connectivity index (χ2n) is 6.08. The number of benzene rings is 1. The molecule has 28 heavy (non-hydrogen) atoms. The zero-order chi connectivity index (χ0) is 20.7. The van der Waals surface area contributed by atoms with Gasteiger partial charge in [-0.05, 0) is 24.3 Å². The third-order valence-corrected chi connectivity index (χ3v) is 6.18. The molecule has 1 aromatic heterocycles. The molecule has 1 aliphatic rings. The number of fused-ring (bicyclic) bond motifs is 1. The van der Waals surface area contributed by atoms with Crippen LogP contribution < -0.4 is 15.6 Å². The third-order valence-electron chi connectivity index (χ3n) is 4.32. The number of hydrogen-bond acceptors (Lipinski definition) is 6. The zero-order valence-corrected chi connectivity index (χ0v) is 15.8. The molecule has 2 heterocycles. The zero-order valence-electron chi connectivity index (χ0n) is 14.9. The number of ether oxygens (including phenoxy) is 1. The van der Waals surface area contributed by atoms with Crippen molar-refractivity contribution in [3.8, 4) is 5.75 Å². The van der Waals surface area contributed by atoms with Gasteiger partial charge in [0, 0.05) is 33.6 Å². The summed E-state index contributed by atoms with van der Waals surface area (Å²) in [5, 5.41) is 2.80. The Bertz CT molecular complexity index is 1050. The fraction of sp³-hybridized carbons (Fsp3) is 0.375. The first-order valence-corrected chi connectivity index (χ1v) is 9.59. The fourth-order valence-electron chi connectivity index (χ4n) is 2.94. The van der Waals surface area contributed by atoms with Gasteiger partial charge in [-0.3, -0.25) is 9.36 Å². The van der Waals surface area contributed by atoms with Crippen molar-refractivity contribution in [3.63, 3.8) is 0 Å². The van der Waals surface area contributed by atoms with Gasteiger partial charge in [-0.2, -0.15) is 4.31 Å². The first-order valence-electron chi connectivity index (χ1n) is 8.15. The first kappa shape index (κ1) is 20.1. The van der Waals surface area contributed by atoms with E-state index in [0.717, 1.165) is 28.6 Å². The predicted octanol–water partition coefficient (Wildman–Crippen LogP) is 1.47. The maximum atomic E-state index is 12.8. The van der Waals surface area contributed by atoms with Crippen LogP contribution in [0.2, 0.25) is 0 Å². The summed E-state index contributed by atoms with van der Waals surface area (Å²) in [5.41, 5.74) is 0.435. The van der Waals surface area contributed by atoms with Crippen LogP contribution in [0.1, 0.15) is 11.3 Å². The minimum atomic E-state index is -4.86. The SMILES string of the molecule is CNc1nc2c(c(=O)n1C)CN(S(=O)(=O)c1ccc(OC(F)(F)F)cc1)CC2.